The molecule has 0 atom stereocenters. The van der Waals surface area contributed by atoms with Crippen molar-refractivity contribution in [2.75, 3.05) is 31.1 Å². The van der Waals surface area contributed by atoms with Gasteiger partial charge in [0.2, 0.25) is 11.9 Å². The van der Waals surface area contributed by atoms with Gasteiger partial charge >= 0.3 is 0 Å². The molecule has 1 aliphatic rings. The van der Waals surface area contributed by atoms with Gasteiger partial charge in [-0.3, -0.25) is 4.90 Å². The van der Waals surface area contributed by atoms with Crippen molar-refractivity contribution in [2.24, 2.45) is 0 Å². The third kappa shape index (κ3) is 3.27. The van der Waals surface area contributed by atoms with Crippen LogP contribution in [0.15, 0.2) is 0 Å². The summed E-state index contributed by atoms with van der Waals surface area (Å²) in [6.07, 6.45) is 2.31. The van der Waals surface area contributed by atoms with Crippen LogP contribution in [0.4, 0.5) is 11.9 Å². The van der Waals surface area contributed by atoms with Crippen LogP contribution in [0.3, 0.4) is 0 Å². The minimum Gasteiger partial charge on any atom is -0.368 e. The van der Waals surface area contributed by atoms with E-state index in [0.29, 0.717) is 18.4 Å². The van der Waals surface area contributed by atoms with Gasteiger partial charge in [-0.15, -0.1) is 0 Å². The number of hydrogen-bond donors (Lipinski definition) is 3. The summed E-state index contributed by atoms with van der Waals surface area (Å²) >= 11 is 0. The van der Waals surface area contributed by atoms with E-state index in [-0.39, 0.29) is 11.9 Å². The lowest BCUT2D eigenvalue weighted by Gasteiger charge is -2.33. The fourth-order valence-corrected chi connectivity index (χ4v) is 2.38. The second-order valence-electron chi connectivity index (χ2n) is 4.51. The Balaban J connectivity index is 2.04. The van der Waals surface area contributed by atoms with E-state index >= 15 is 0 Å². The highest BCUT2D eigenvalue weighted by Crippen LogP contribution is 2.14. The number of piperidine rings is 1. The van der Waals surface area contributed by atoms with E-state index < -0.39 is 0 Å². The van der Waals surface area contributed by atoms with Gasteiger partial charge in [0.05, 0.1) is 6.54 Å². The van der Waals surface area contributed by atoms with E-state index in [4.69, 9.17) is 11.5 Å². The third-order valence-electron chi connectivity index (χ3n) is 3.29. The zero-order valence-electron chi connectivity index (χ0n) is 10.8. The number of aromatic nitrogens is 3. The molecule has 0 saturated carbocycles. The third-order valence-corrected chi connectivity index (χ3v) is 3.29. The number of nitrogen functional groups attached to an aromatic ring is 2. The molecule has 1 aromatic heterocycles. The topological polar surface area (TPSA) is 106 Å². The number of anilines is 2. The molecule has 2 heterocycles. The van der Waals surface area contributed by atoms with Crippen LogP contribution in [0.5, 0.6) is 0 Å². The Labute approximate surface area is 107 Å². The molecule has 1 aromatic rings. The summed E-state index contributed by atoms with van der Waals surface area (Å²) in [6.45, 7) is 5.94. The highest BCUT2D eigenvalue weighted by molar-refractivity contribution is 5.25. The van der Waals surface area contributed by atoms with Gasteiger partial charge in [-0.1, -0.05) is 6.92 Å². The first-order valence-corrected chi connectivity index (χ1v) is 6.39. The zero-order valence-corrected chi connectivity index (χ0v) is 10.8. The van der Waals surface area contributed by atoms with Gasteiger partial charge in [0.1, 0.15) is 5.82 Å². The lowest BCUT2D eigenvalue weighted by Crippen LogP contribution is -2.43. The van der Waals surface area contributed by atoms with Crippen molar-refractivity contribution in [3.8, 4) is 0 Å². The van der Waals surface area contributed by atoms with Crippen LogP contribution < -0.4 is 16.8 Å². The molecule has 2 rings (SSSR count). The molecule has 0 unspecified atom stereocenters. The van der Waals surface area contributed by atoms with Gasteiger partial charge in [0, 0.05) is 6.04 Å². The molecule has 0 radical (unpaired) electrons. The van der Waals surface area contributed by atoms with Crippen LogP contribution in [0.25, 0.3) is 0 Å². The summed E-state index contributed by atoms with van der Waals surface area (Å²) in [4.78, 5) is 14.4. The molecule has 7 nitrogen and oxygen atoms in total. The molecular weight excluding hydrogens is 230 g/mol. The van der Waals surface area contributed by atoms with Crippen molar-refractivity contribution in [1.82, 2.24) is 25.2 Å². The maximum Gasteiger partial charge on any atom is 0.225 e. The number of rotatable bonds is 4. The maximum absolute atomic E-state index is 5.58. The first-order valence-electron chi connectivity index (χ1n) is 6.39. The largest absolute Gasteiger partial charge is 0.368 e. The van der Waals surface area contributed by atoms with Crippen molar-refractivity contribution in [3.63, 3.8) is 0 Å². The molecule has 0 aliphatic carbocycles. The molecule has 0 aromatic carbocycles. The lowest BCUT2D eigenvalue weighted by molar-refractivity contribution is 0.158. The normalized spacial score (nSPS) is 17.2. The lowest BCUT2D eigenvalue weighted by atomic mass is 10.0. The molecule has 1 fully saturated rings. The van der Waals surface area contributed by atoms with E-state index in [1.165, 1.54) is 0 Å². The first kappa shape index (κ1) is 13.0. The SMILES string of the molecule is CCN(Cc1nc(N)nc(N)n1)C1CCNCC1. The van der Waals surface area contributed by atoms with Crippen LogP contribution in [0, 0.1) is 0 Å². The summed E-state index contributed by atoms with van der Waals surface area (Å²) in [5.41, 5.74) is 11.2. The van der Waals surface area contributed by atoms with Crippen molar-refractivity contribution >= 4 is 11.9 Å². The minimum atomic E-state index is 0.193. The van der Waals surface area contributed by atoms with Gasteiger partial charge < -0.3 is 16.8 Å². The summed E-state index contributed by atoms with van der Waals surface area (Å²) < 4.78 is 0. The fourth-order valence-electron chi connectivity index (χ4n) is 2.38. The second-order valence-corrected chi connectivity index (χ2v) is 4.51. The van der Waals surface area contributed by atoms with Crippen LogP contribution in [-0.2, 0) is 6.54 Å². The number of nitrogens with one attached hydrogen (secondary N) is 1. The Kier molecular flexibility index (Phi) is 4.27. The molecule has 1 aliphatic heterocycles. The summed E-state index contributed by atoms with van der Waals surface area (Å²) in [5.74, 6) is 1.04. The number of hydrogen-bond acceptors (Lipinski definition) is 7. The van der Waals surface area contributed by atoms with Gasteiger partial charge in [-0.05, 0) is 32.5 Å². The molecule has 5 N–H and O–H groups in total. The monoisotopic (exact) mass is 251 g/mol. The first-order chi connectivity index (χ1) is 8.69. The van der Waals surface area contributed by atoms with E-state index in [9.17, 15) is 0 Å². The molecule has 7 heteroatoms. The Hall–Kier alpha value is -1.47. The summed E-state index contributed by atoms with van der Waals surface area (Å²) in [6, 6.07) is 0.579. The van der Waals surface area contributed by atoms with E-state index in [1.54, 1.807) is 0 Å². The van der Waals surface area contributed by atoms with Crippen molar-refractivity contribution in [2.45, 2.75) is 32.4 Å². The van der Waals surface area contributed by atoms with E-state index in [1.807, 2.05) is 0 Å². The van der Waals surface area contributed by atoms with E-state index in [2.05, 4.69) is 32.1 Å². The molecule has 18 heavy (non-hydrogen) atoms. The van der Waals surface area contributed by atoms with Gasteiger partial charge in [-0.25, -0.2) is 0 Å². The quantitative estimate of drug-likeness (QED) is 0.669. The molecule has 0 spiro atoms. The minimum absolute atomic E-state index is 0.193. The molecular formula is C11H21N7. The fraction of sp³-hybridized carbons (Fsp3) is 0.727. The Bertz CT molecular complexity index is 369. The summed E-state index contributed by atoms with van der Waals surface area (Å²) in [7, 11) is 0. The standard InChI is InChI=1S/C11H21N7/c1-2-18(8-3-5-14-6-4-8)7-9-15-10(12)17-11(13)16-9/h8,14H,2-7H2,1H3,(H4,12,13,15,16,17). The highest BCUT2D eigenvalue weighted by atomic mass is 15.2. The predicted octanol–water partition coefficient (Wildman–Crippen LogP) is -0.390. The molecule has 0 bridgehead atoms. The van der Waals surface area contributed by atoms with Crippen LogP contribution in [0.1, 0.15) is 25.6 Å². The van der Waals surface area contributed by atoms with Crippen LogP contribution in [-0.4, -0.2) is 45.5 Å². The van der Waals surface area contributed by atoms with Crippen molar-refractivity contribution in [3.05, 3.63) is 5.82 Å². The van der Waals surface area contributed by atoms with Crippen molar-refractivity contribution < 1.29 is 0 Å². The Morgan fingerprint density at radius 1 is 1.17 bits per heavy atom. The van der Waals surface area contributed by atoms with Crippen molar-refractivity contribution in [1.29, 1.82) is 0 Å². The molecule has 100 valence electrons. The Morgan fingerprint density at radius 2 is 1.78 bits per heavy atom. The Morgan fingerprint density at radius 3 is 2.33 bits per heavy atom. The highest BCUT2D eigenvalue weighted by Gasteiger charge is 2.20. The number of nitrogens with zero attached hydrogens (tertiary/aromatic N) is 4. The van der Waals surface area contributed by atoms with Gasteiger partial charge in [0.25, 0.3) is 0 Å². The maximum atomic E-state index is 5.58. The average molecular weight is 251 g/mol. The molecule has 1 saturated heterocycles. The van der Waals surface area contributed by atoms with E-state index in [0.717, 1.165) is 32.5 Å². The van der Waals surface area contributed by atoms with Gasteiger partial charge in [-0.2, -0.15) is 15.0 Å². The zero-order chi connectivity index (χ0) is 13.0. The average Bonchev–Trinajstić information content (AvgIpc) is 2.36. The van der Waals surface area contributed by atoms with Crippen LogP contribution in [0.2, 0.25) is 0 Å². The number of nitrogens with two attached hydrogens (primary N) is 2. The summed E-state index contributed by atoms with van der Waals surface area (Å²) in [5, 5.41) is 3.37. The van der Waals surface area contributed by atoms with Gasteiger partial charge in [0.15, 0.2) is 0 Å². The predicted molar refractivity (Wildman–Crippen MR) is 70.6 cm³/mol. The molecule has 0 amide bonds. The smallest absolute Gasteiger partial charge is 0.225 e. The second kappa shape index (κ2) is 5.92. The van der Waals surface area contributed by atoms with Crippen LogP contribution >= 0.6 is 0 Å².